The molecule has 1 heterocycles. The van der Waals surface area contributed by atoms with Crippen LogP contribution in [0.2, 0.25) is 0 Å². The molecule has 1 aromatic carbocycles. The average molecular weight is 316 g/mol. The Balaban J connectivity index is 0.00000112. The number of phenolic OH excluding ortho intramolecular Hbond substituents is 1. The molecule has 0 aliphatic rings. The molecule has 0 spiro atoms. The first-order chi connectivity index (χ1) is 6.68. The van der Waals surface area contributed by atoms with Gasteiger partial charge in [0.15, 0.2) is 0 Å². The van der Waals surface area contributed by atoms with Gasteiger partial charge in [-0.05, 0) is 24.3 Å². The zero-order valence-electron chi connectivity index (χ0n) is 8.68. The van der Waals surface area contributed by atoms with E-state index in [0.29, 0.717) is 5.75 Å². The van der Waals surface area contributed by atoms with Crippen molar-refractivity contribution in [3.63, 3.8) is 0 Å². The third-order valence-corrected chi connectivity index (χ3v) is 2.31. The number of aromatic nitrogens is 2. The number of benzene rings is 1. The normalized spacial score (nSPS) is 9.73. The first-order valence-corrected chi connectivity index (χ1v) is 4.49. The second kappa shape index (κ2) is 4.65. The summed E-state index contributed by atoms with van der Waals surface area (Å²) in [4.78, 5) is 0. The number of hydrogen-bond donors (Lipinski definition) is 1. The van der Waals surface area contributed by atoms with E-state index in [0.717, 1.165) is 11.4 Å². The van der Waals surface area contributed by atoms with Crippen molar-refractivity contribution in [3.05, 3.63) is 36.7 Å². The summed E-state index contributed by atoms with van der Waals surface area (Å²) in [5, 5.41) is 9.18. The van der Waals surface area contributed by atoms with Crippen LogP contribution in [0, 0.1) is 0 Å². The fourth-order valence-corrected chi connectivity index (χ4v) is 1.61. The Hall–Kier alpha value is -1.04. The minimum absolute atomic E-state index is 0. The van der Waals surface area contributed by atoms with E-state index in [1.807, 2.05) is 47.8 Å². The maximum absolute atomic E-state index is 9.18. The van der Waals surface area contributed by atoms with Crippen LogP contribution in [0.1, 0.15) is 0 Å². The van der Waals surface area contributed by atoms with Crippen LogP contribution in [0.4, 0.5) is 0 Å². The zero-order valence-corrected chi connectivity index (χ0v) is 10.8. The topological polar surface area (TPSA) is 29.0 Å². The predicted molar refractivity (Wildman–Crippen MR) is 53.7 cm³/mol. The second-order valence-electron chi connectivity index (χ2n) is 3.39. The van der Waals surface area contributed by atoms with E-state index >= 15 is 0 Å². The van der Waals surface area contributed by atoms with Gasteiger partial charge in [-0.3, -0.25) is 0 Å². The highest BCUT2D eigenvalue weighted by Gasteiger charge is 2.13. The molecular weight excluding hydrogens is 303 g/mol. The largest absolute Gasteiger partial charge is 1.00 e. The number of phenols is 1. The minimum Gasteiger partial charge on any atom is -1.00 e. The quantitative estimate of drug-likeness (QED) is 0.490. The van der Waals surface area contributed by atoms with Crippen molar-refractivity contribution in [2.24, 2.45) is 14.1 Å². The number of hydrogen-bond acceptors (Lipinski definition) is 1. The van der Waals surface area contributed by atoms with Crippen LogP contribution >= 0.6 is 0 Å². The summed E-state index contributed by atoms with van der Waals surface area (Å²) in [7, 11) is 4.00. The summed E-state index contributed by atoms with van der Waals surface area (Å²) in [6, 6.07) is 7.21. The van der Waals surface area contributed by atoms with Gasteiger partial charge in [-0.15, -0.1) is 0 Å². The Kier molecular flexibility index (Phi) is 3.73. The number of imidazole rings is 1. The Labute approximate surface area is 106 Å². The molecule has 0 unspecified atom stereocenters. The molecule has 0 aliphatic carbocycles. The molecule has 0 saturated carbocycles. The Morgan fingerprint density at radius 1 is 1.20 bits per heavy atom. The third-order valence-electron chi connectivity index (χ3n) is 2.31. The molecule has 0 radical (unpaired) electrons. The molecular formula is C11H13IN2O. The smallest absolute Gasteiger partial charge is 0.288 e. The van der Waals surface area contributed by atoms with Crippen LogP contribution in [0.3, 0.4) is 0 Å². The van der Waals surface area contributed by atoms with E-state index in [-0.39, 0.29) is 24.0 Å². The molecule has 4 heteroatoms. The highest BCUT2D eigenvalue weighted by atomic mass is 127. The predicted octanol–water partition coefficient (Wildman–Crippen LogP) is -1.77. The summed E-state index contributed by atoms with van der Waals surface area (Å²) < 4.78 is 4.10. The monoisotopic (exact) mass is 316 g/mol. The molecule has 0 amide bonds. The van der Waals surface area contributed by atoms with Gasteiger partial charge in [0, 0.05) is 0 Å². The average Bonchev–Trinajstić information content (AvgIpc) is 2.49. The molecule has 0 atom stereocenters. The number of halogens is 1. The van der Waals surface area contributed by atoms with Gasteiger partial charge in [0.1, 0.15) is 18.1 Å². The van der Waals surface area contributed by atoms with Gasteiger partial charge in [0.2, 0.25) is 0 Å². The lowest BCUT2D eigenvalue weighted by molar-refractivity contribution is -0.659. The molecule has 0 bridgehead atoms. The summed E-state index contributed by atoms with van der Waals surface area (Å²) >= 11 is 0. The standard InChI is InChI=1S/C11H12N2O.HI/c1-12-7-8-13(2)11(12)9-3-5-10(14)6-4-9;/h3-8H,1-2H3;1H. The Morgan fingerprint density at radius 3 is 2.27 bits per heavy atom. The lowest BCUT2D eigenvalue weighted by Gasteiger charge is -1.98. The van der Waals surface area contributed by atoms with Crippen molar-refractivity contribution in [3.8, 4) is 17.1 Å². The zero-order chi connectivity index (χ0) is 10.1. The van der Waals surface area contributed by atoms with Crippen molar-refractivity contribution < 1.29 is 33.7 Å². The SMILES string of the molecule is Cn1cc[n+](C)c1-c1ccc(O)cc1.[I-]. The first-order valence-electron chi connectivity index (χ1n) is 4.49. The van der Waals surface area contributed by atoms with E-state index in [4.69, 9.17) is 0 Å². The summed E-state index contributed by atoms with van der Waals surface area (Å²) in [6.07, 6.45) is 4.00. The van der Waals surface area contributed by atoms with Crippen molar-refractivity contribution >= 4 is 0 Å². The number of aryl methyl sites for hydroxylation is 2. The van der Waals surface area contributed by atoms with E-state index in [2.05, 4.69) is 0 Å². The van der Waals surface area contributed by atoms with Crippen LogP contribution < -0.4 is 28.5 Å². The van der Waals surface area contributed by atoms with Gasteiger partial charge < -0.3 is 29.1 Å². The van der Waals surface area contributed by atoms with Crippen LogP contribution in [-0.2, 0) is 14.1 Å². The highest BCUT2D eigenvalue weighted by Crippen LogP contribution is 2.18. The van der Waals surface area contributed by atoms with Gasteiger partial charge in [-0.25, -0.2) is 9.13 Å². The molecule has 0 saturated heterocycles. The third kappa shape index (κ3) is 2.31. The van der Waals surface area contributed by atoms with Crippen LogP contribution in [-0.4, -0.2) is 9.67 Å². The fraction of sp³-hybridized carbons (Fsp3) is 0.182. The summed E-state index contributed by atoms with van der Waals surface area (Å²) in [5.41, 5.74) is 1.10. The molecule has 1 N–H and O–H groups in total. The van der Waals surface area contributed by atoms with Gasteiger partial charge >= 0.3 is 0 Å². The van der Waals surface area contributed by atoms with Crippen molar-refractivity contribution in [2.75, 3.05) is 0 Å². The van der Waals surface area contributed by atoms with Crippen molar-refractivity contribution in [2.45, 2.75) is 0 Å². The Bertz CT molecular complexity index is 429. The van der Waals surface area contributed by atoms with Gasteiger partial charge in [0.05, 0.1) is 19.7 Å². The first kappa shape index (κ1) is 12.0. The minimum atomic E-state index is 0. The van der Waals surface area contributed by atoms with Crippen molar-refractivity contribution in [1.29, 1.82) is 0 Å². The van der Waals surface area contributed by atoms with E-state index in [1.165, 1.54) is 0 Å². The lowest BCUT2D eigenvalue weighted by Crippen LogP contribution is -3.00. The van der Waals surface area contributed by atoms with Gasteiger partial charge in [-0.1, -0.05) is 0 Å². The molecule has 2 aromatic rings. The number of aromatic hydroxyl groups is 1. The maximum atomic E-state index is 9.18. The maximum Gasteiger partial charge on any atom is 0.288 e. The molecule has 0 fully saturated rings. The molecule has 0 aliphatic heterocycles. The van der Waals surface area contributed by atoms with Gasteiger partial charge in [-0.2, -0.15) is 0 Å². The number of nitrogens with zero attached hydrogens (tertiary/aromatic N) is 2. The van der Waals surface area contributed by atoms with Gasteiger partial charge in [0.25, 0.3) is 5.82 Å². The van der Waals surface area contributed by atoms with Crippen LogP contribution in [0.15, 0.2) is 36.7 Å². The summed E-state index contributed by atoms with van der Waals surface area (Å²) in [5.74, 6) is 1.41. The summed E-state index contributed by atoms with van der Waals surface area (Å²) in [6.45, 7) is 0. The van der Waals surface area contributed by atoms with E-state index in [1.54, 1.807) is 12.1 Å². The second-order valence-corrected chi connectivity index (χ2v) is 3.39. The molecule has 15 heavy (non-hydrogen) atoms. The molecule has 3 nitrogen and oxygen atoms in total. The van der Waals surface area contributed by atoms with Crippen LogP contribution in [0.5, 0.6) is 5.75 Å². The van der Waals surface area contributed by atoms with Crippen LogP contribution in [0.25, 0.3) is 11.4 Å². The molecule has 1 aromatic heterocycles. The molecule has 2 rings (SSSR count). The highest BCUT2D eigenvalue weighted by molar-refractivity contribution is 5.53. The Morgan fingerprint density at radius 2 is 1.80 bits per heavy atom. The lowest BCUT2D eigenvalue weighted by atomic mass is 10.2. The van der Waals surface area contributed by atoms with E-state index < -0.39 is 0 Å². The number of rotatable bonds is 1. The van der Waals surface area contributed by atoms with E-state index in [9.17, 15) is 5.11 Å². The van der Waals surface area contributed by atoms with Crippen molar-refractivity contribution in [1.82, 2.24) is 4.57 Å². The molecule has 80 valence electrons. The fourth-order valence-electron chi connectivity index (χ4n) is 1.61.